The number of urea groups is 1. The molecule has 0 spiro atoms. The van der Waals surface area contributed by atoms with E-state index in [-0.39, 0.29) is 18.4 Å². The van der Waals surface area contributed by atoms with E-state index in [1.54, 1.807) is 24.4 Å². The van der Waals surface area contributed by atoms with E-state index >= 15 is 0 Å². The fraction of sp³-hybridized carbons (Fsp3) is 0.364. The lowest BCUT2D eigenvalue weighted by Gasteiger charge is -2.11. The SMILES string of the molecule is CCCCc1ncc(/C=C2\NC(=O)N(COC)C2=O)n1Cc1ccc(C(=O)OC)cc1. The topological polar surface area (TPSA) is 103 Å². The van der Waals surface area contributed by atoms with Crippen LogP contribution in [0, 0.1) is 0 Å². The van der Waals surface area contributed by atoms with Crippen molar-refractivity contribution >= 4 is 24.0 Å². The first-order valence-corrected chi connectivity index (χ1v) is 10.0. The van der Waals surface area contributed by atoms with Gasteiger partial charge in [-0.15, -0.1) is 0 Å². The minimum atomic E-state index is -0.520. The average Bonchev–Trinajstić information content (AvgIpc) is 3.27. The molecule has 0 bridgehead atoms. The van der Waals surface area contributed by atoms with Gasteiger partial charge in [0.1, 0.15) is 18.3 Å². The third kappa shape index (κ3) is 5.00. The standard InChI is InChI=1S/C22H26N4O5/c1-4-5-6-19-23-12-17(11-18-20(27)26(14-30-2)22(29)24-18)25(19)13-15-7-9-16(10-8-15)21(28)31-3/h7-12H,4-6,13-14H2,1-3H3,(H,24,29)/b18-11-. The molecule has 31 heavy (non-hydrogen) atoms. The van der Waals surface area contributed by atoms with Crippen molar-refractivity contribution in [1.29, 1.82) is 0 Å². The van der Waals surface area contributed by atoms with E-state index in [0.717, 1.165) is 35.6 Å². The number of amides is 3. The maximum Gasteiger partial charge on any atom is 0.337 e. The van der Waals surface area contributed by atoms with Gasteiger partial charge in [-0.2, -0.15) is 0 Å². The van der Waals surface area contributed by atoms with Gasteiger partial charge in [-0.25, -0.2) is 19.5 Å². The molecule has 0 atom stereocenters. The zero-order valence-electron chi connectivity index (χ0n) is 17.9. The minimum absolute atomic E-state index is 0.116. The summed E-state index contributed by atoms with van der Waals surface area (Å²) < 4.78 is 11.7. The predicted molar refractivity (Wildman–Crippen MR) is 113 cm³/mol. The highest BCUT2D eigenvalue weighted by molar-refractivity contribution is 6.13. The summed E-state index contributed by atoms with van der Waals surface area (Å²) in [6.07, 6.45) is 6.11. The van der Waals surface area contributed by atoms with Gasteiger partial charge in [-0.3, -0.25) is 4.79 Å². The lowest BCUT2D eigenvalue weighted by atomic mass is 10.1. The van der Waals surface area contributed by atoms with E-state index in [9.17, 15) is 14.4 Å². The number of hydrogen-bond acceptors (Lipinski definition) is 6. The summed E-state index contributed by atoms with van der Waals surface area (Å²) in [7, 11) is 2.77. The van der Waals surface area contributed by atoms with Crippen molar-refractivity contribution in [1.82, 2.24) is 19.8 Å². The van der Waals surface area contributed by atoms with E-state index < -0.39 is 11.9 Å². The number of carbonyl (C=O) groups is 3. The van der Waals surface area contributed by atoms with Crippen LogP contribution in [0.15, 0.2) is 36.2 Å². The molecule has 1 N–H and O–H groups in total. The smallest absolute Gasteiger partial charge is 0.337 e. The normalized spacial score (nSPS) is 14.9. The van der Waals surface area contributed by atoms with Crippen molar-refractivity contribution in [3.8, 4) is 0 Å². The average molecular weight is 426 g/mol. The molecule has 1 fully saturated rings. The number of unbranched alkanes of at least 4 members (excludes halogenated alkanes) is 1. The largest absolute Gasteiger partial charge is 0.465 e. The fourth-order valence-corrected chi connectivity index (χ4v) is 3.27. The Morgan fingerprint density at radius 3 is 2.58 bits per heavy atom. The van der Waals surface area contributed by atoms with Crippen LogP contribution < -0.4 is 5.32 Å². The second kappa shape index (κ2) is 10.0. The first-order chi connectivity index (χ1) is 15.0. The number of carbonyl (C=O) groups excluding carboxylic acids is 3. The Balaban J connectivity index is 1.90. The minimum Gasteiger partial charge on any atom is -0.465 e. The van der Waals surface area contributed by atoms with Gasteiger partial charge in [0.05, 0.1) is 24.6 Å². The van der Waals surface area contributed by atoms with E-state index in [0.29, 0.717) is 17.8 Å². The number of esters is 1. The highest BCUT2D eigenvalue weighted by Gasteiger charge is 2.33. The van der Waals surface area contributed by atoms with Crippen molar-refractivity contribution in [2.45, 2.75) is 32.7 Å². The molecular weight excluding hydrogens is 400 g/mol. The van der Waals surface area contributed by atoms with Crippen LogP contribution in [0.2, 0.25) is 0 Å². The van der Waals surface area contributed by atoms with Gasteiger partial charge in [-0.1, -0.05) is 25.5 Å². The molecule has 9 nitrogen and oxygen atoms in total. The Kier molecular flexibility index (Phi) is 7.19. The second-order valence-electron chi connectivity index (χ2n) is 7.12. The summed E-state index contributed by atoms with van der Waals surface area (Å²) in [6, 6.07) is 6.62. The van der Waals surface area contributed by atoms with Gasteiger partial charge in [0.25, 0.3) is 5.91 Å². The van der Waals surface area contributed by atoms with Crippen molar-refractivity contribution in [2.75, 3.05) is 21.0 Å². The Morgan fingerprint density at radius 2 is 1.94 bits per heavy atom. The predicted octanol–water partition coefficient (Wildman–Crippen LogP) is 2.56. The van der Waals surface area contributed by atoms with Gasteiger partial charge in [0.15, 0.2) is 0 Å². The molecule has 1 aromatic heterocycles. The first-order valence-electron chi connectivity index (χ1n) is 10.0. The quantitative estimate of drug-likeness (QED) is 0.376. The molecule has 0 aliphatic carbocycles. The summed E-state index contributed by atoms with van der Waals surface area (Å²) >= 11 is 0. The molecule has 1 aromatic carbocycles. The number of aromatic nitrogens is 2. The molecule has 1 aliphatic rings. The molecule has 0 radical (unpaired) electrons. The molecule has 3 rings (SSSR count). The summed E-state index contributed by atoms with van der Waals surface area (Å²) in [4.78, 5) is 41.7. The van der Waals surface area contributed by atoms with Crippen LogP contribution in [-0.4, -0.2) is 53.3 Å². The number of nitrogens with zero attached hydrogens (tertiary/aromatic N) is 3. The molecule has 9 heteroatoms. The van der Waals surface area contributed by atoms with Crippen LogP contribution in [0.4, 0.5) is 4.79 Å². The van der Waals surface area contributed by atoms with E-state index in [1.807, 2.05) is 16.7 Å². The molecule has 1 saturated heterocycles. The molecule has 2 heterocycles. The lowest BCUT2D eigenvalue weighted by Crippen LogP contribution is -2.32. The lowest BCUT2D eigenvalue weighted by molar-refractivity contribution is -0.126. The van der Waals surface area contributed by atoms with Gasteiger partial charge in [0.2, 0.25) is 0 Å². The molecule has 164 valence electrons. The number of hydrogen-bond donors (Lipinski definition) is 1. The van der Waals surface area contributed by atoms with Crippen LogP contribution in [-0.2, 0) is 27.2 Å². The van der Waals surface area contributed by atoms with Crippen molar-refractivity contribution in [3.05, 3.63) is 58.8 Å². The van der Waals surface area contributed by atoms with E-state index in [4.69, 9.17) is 9.47 Å². The number of aryl methyl sites for hydroxylation is 1. The first kappa shape index (κ1) is 22.2. The number of nitrogens with one attached hydrogen (secondary N) is 1. The number of methoxy groups -OCH3 is 2. The fourth-order valence-electron chi connectivity index (χ4n) is 3.27. The number of rotatable bonds is 9. The van der Waals surface area contributed by atoms with Gasteiger partial charge in [-0.05, 0) is 30.2 Å². The second-order valence-corrected chi connectivity index (χ2v) is 7.12. The van der Waals surface area contributed by atoms with Gasteiger partial charge in [0, 0.05) is 20.1 Å². The van der Waals surface area contributed by atoms with Crippen LogP contribution in [0.3, 0.4) is 0 Å². The zero-order valence-corrected chi connectivity index (χ0v) is 17.9. The van der Waals surface area contributed by atoms with Crippen LogP contribution in [0.5, 0.6) is 0 Å². The molecule has 3 amide bonds. The van der Waals surface area contributed by atoms with Crippen molar-refractivity contribution in [3.63, 3.8) is 0 Å². The molecule has 1 aliphatic heterocycles. The van der Waals surface area contributed by atoms with Gasteiger partial charge < -0.3 is 19.4 Å². The van der Waals surface area contributed by atoms with Gasteiger partial charge >= 0.3 is 12.0 Å². The zero-order chi connectivity index (χ0) is 22.4. The Labute approximate surface area is 180 Å². The molecule has 2 aromatic rings. The number of benzene rings is 1. The third-order valence-corrected chi connectivity index (χ3v) is 4.95. The molecular formula is C22H26N4O5. The monoisotopic (exact) mass is 426 g/mol. The Morgan fingerprint density at radius 1 is 1.19 bits per heavy atom. The van der Waals surface area contributed by atoms with Crippen LogP contribution in [0.1, 0.15) is 47.2 Å². The Bertz CT molecular complexity index is 994. The van der Waals surface area contributed by atoms with Crippen molar-refractivity contribution < 1.29 is 23.9 Å². The molecule has 0 saturated carbocycles. The van der Waals surface area contributed by atoms with E-state index in [2.05, 4.69) is 17.2 Å². The third-order valence-electron chi connectivity index (χ3n) is 4.95. The number of ether oxygens (including phenoxy) is 2. The number of imidazole rings is 1. The van der Waals surface area contributed by atoms with Crippen LogP contribution in [0.25, 0.3) is 6.08 Å². The summed E-state index contributed by atoms with van der Waals surface area (Å²) in [5.41, 5.74) is 2.31. The van der Waals surface area contributed by atoms with E-state index in [1.165, 1.54) is 14.2 Å². The maximum absolute atomic E-state index is 12.5. The highest BCUT2D eigenvalue weighted by Crippen LogP contribution is 2.18. The Hall–Kier alpha value is -3.46. The molecule has 0 unspecified atom stereocenters. The summed E-state index contributed by atoms with van der Waals surface area (Å²) in [5.74, 6) is 0.0488. The maximum atomic E-state index is 12.5. The van der Waals surface area contributed by atoms with Crippen molar-refractivity contribution in [2.24, 2.45) is 0 Å². The highest BCUT2D eigenvalue weighted by atomic mass is 16.5. The number of imide groups is 1. The summed E-state index contributed by atoms with van der Waals surface area (Å²) in [5, 5.41) is 2.58. The van der Waals surface area contributed by atoms with Crippen LogP contribution >= 0.6 is 0 Å². The summed E-state index contributed by atoms with van der Waals surface area (Å²) in [6.45, 7) is 2.50.